The molecule has 0 unspecified atom stereocenters. The summed E-state index contributed by atoms with van der Waals surface area (Å²) in [5, 5.41) is 0. The van der Waals surface area contributed by atoms with Crippen LogP contribution in [0.15, 0.2) is 18.3 Å². The molecule has 0 saturated carbocycles. The van der Waals surface area contributed by atoms with Gasteiger partial charge in [0.2, 0.25) is 0 Å². The third-order valence-electron chi connectivity index (χ3n) is 1.93. The molecule has 14 heavy (non-hydrogen) atoms. The minimum absolute atomic E-state index is 1.11. The molecule has 0 atom stereocenters. The van der Waals surface area contributed by atoms with E-state index >= 15 is 0 Å². The highest BCUT2D eigenvalue weighted by Gasteiger charge is 1.94. The van der Waals surface area contributed by atoms with E-state index in [1.807, 2.05) is 20.0 Å². The summed E-state index contributed by atoms with van der Waals surface area (Å²) in [5.74, 6) is 0. The number of hydrogen-bond acceptors (Lipinski definition) is 1. The van der Waals surface area contributed by atoms with Gasteiger partial charge >= 0.3 is 0 Å². The average Bonchev–Trinajstić information content (AvgIpc) is 2.22. The van der Waals surface area contributed by atoms with Crippen molar-refractivity contribution < 1.29 is 0 Å². The van der Waals surface area contributed by atoms with E-state index in [2.05, 4.69) is 31.0 Å². The topological polar surface area (TPSA) is 12.9 Å². The molecule has 0 fully saturated rings. The zero-order valence-electron chi connectivity index (χ0n) is 10.0. The normalized spacial score (nSPS) is 9.14. The summed E-state index contributed by atoms with van der Waals surface area (Å²) in [4.78, 5) is 4.31. The molecule has 0 spiro atoms. The molecule has 0 N–H and O–H groups in total. The van der Waals surface area contributed by atoms with Crippen LogP contribution in [0.2, 0.25) is 0 Å². The molecule has 0 aromatic carbocycles. The van der Waals surface area contributed by atoms with Crippen LogP contribution >= 0.6 is 0 Å². The predicted molar refractivity (Wildman–Crippen MR) is 63.6 cm³/mol. The van der Waals surface area contributed by atoms with Crippen LogP contribution in [-0.2, 0) is 12.8 Å². The first-order valence-electron chi connectivity index (χ1n) is 5.80. The van der Waals surface area contributed by atoms with Crippen molar-refractivity contribution >= 4 is 0 Å². The predicted octanol–water partition coefficient (Wildman–Crippen LogP) is 4.01. The summed E-state index contributed by atoms with van der Waals surface area (Å²) in [6, 6.07) is 4.34. The molecule has 1 nitrogen and oxygen atoms in total. The third-order valence-corrected chi connectivity index (χ3v) is 1.93. The molecule has 80 valence electrons. The van der Waals surface area contributed by atoms with Gasteiger partial charge in [-0.1, -0.05) is 40.5 Å². The zero-order chi connectivity index (χ0) is 10.8. The van der Waals surface area contributed by atoms with E-state index in [0.29, 0.717) is 0 Å². The Labute approximate surface area is 88.6 Å². The highest BCUT2D eigenvalue weighted by molar-refractivity contribution is 5.16. The van der Waals surface area contributed by atoms with Crippen molar-refractivity contribution in [3.05, 3.63) is 29.6 Å². The lowest BCUT2D eigenvalue weighted by Crippen LogP contribution is -1.91. The molecular weight excluding hydrogens is 170 g/mol. The Hall–Kier alpha value is -0.850. The molecular formula is C13H23N. The number of rotatable bonds is 4. The van der Waals surface area contributed by atoms with Crippen molar-refractivity contribution in [1.82, 2.24) is 4.98 Å². The van der Waals surface area contributed by atoms with Gasteiger partial charge in [0.05, 0.1) is 0 Å². The van der Waals surface area contributed by atoms with Crippen molar-refractivity contribution in [2.45, 2.75) is 53.4 Å². The second-order valence-electron chi connectivity index (χ2n) is 3.16. The van der Waals surface area contributed by atoms with Crippen LogP contribution < -0.4 is 0 Å². The summed E-state index contributed by atoms with van der Waals surface area (Å²) in [6.07, 6.45) is 6.62. The van der Waals surface area contributed by atoms with E-state index in [-0.39, 0.29) is 0 Å². The summed E-state index contributed by atoms with van der Waals surface area (Å²) in [6.45, 7) is 8.40. The Morgan fingerprint density at radius 2 is 1.71 bits per heavy atom. The molecule has 1 heterocycles. The Morgan fingerprint density at radius 1 is 1.07 bits per heavy atom. The summed E-state index contributed by atoms with van der Waals surface area (Å²) < 4.78 is 0. The maximum Gasteiger partial charge on any atom is 0.0406 e. The molecule has 0 radical (unpaired) electrons. The van der Waals surface area contributed by atoms with Crippen LogP contribution in [0, 0.1) is 0 Å². The van der Waals surface area contributed by atoms with Crippen molar-refractivity contribution in [3.63, 3.8) is 0 Å². The molecule has 1 rings (SSSR count). The van der Waals surface area contributed by atoms with Gasteiger partial charge in [-0.3, -0.25) is 4.98 Å². The summed E-state index contributed by atoms with van der Waals surface area (Å²) >= 11 is 0. The van der Waals surface area contributed by atoms with E-state index in [9.17, 15) is 0 Å². The number of aromatic nitrogens is 1. The van der Waals surface area contributed by atoms with Crippen LogP contribution in [0.3, 0.4) is 0 Å². The van der Waals surface area contributed by atoms with Crippen LogP contribution in [0.1, 0.15) is 51.8 Å². The number of hydrogen-bond donors (Lipinski definition) is 0. The Bertz CT molecular complexity index is 209. The molecule has 1 heteroatoms. The maximum atomic E-state index is 4.31. The minimum Gasteiger partial charge on any atom is -0.261 e. The first kappa shape index (κ1) is 13.2. The lowest BCUT2D eigenvalue weighted by molar-refractivity contribution is 0.863. The van der Waals surface area contributed by atoms with Crippen LogP contribution in [-0.4, -0.2) is 4.98 Å². The lowest BCUT2D eigenvalue weighted by Gasteiger charge is -2.01. The van der Waals surface area contributed by atoms with Gasteiger partial charge in [-0.05, 0) is 30.5 Å². The molecule has 1 aromatic heterocycles. The summed E-state index contributed by atoms with van der Waals surface area (Å²) in [7, 11) is 0. The van der Waals surface area contributed by atoms with Gasteiger partial charge in [-0.15, -0.1) is 0 Å². The smallest absolute Gasteiger partial charge is 0.0406 e. The zero-order valence-corrected chi connectivity index (χ0v) is 10.0. The Balaban J connectivity index is 0.000000791. The van der Waals surface area contributed by atoms with Crippen molar-refractivity contribution in [3.8, 4) is 0 Å². The maximum absolute atomic E-state index is 4.31. The number of aryl methyl sites for hydroxylation is 2. The van der Waals surface area contributed by atoms with Gasteiger partial charge in [0.1, 0.15) is 0 Å². The van der Waals surface area contributed by atoms with Crippen LogP contribution in [0.5, 0.6) is 0 Å². The fraction of sp³-hybridized carbons (Fsp3) is 0.615. The molecule has 1 aromatic rings. The molecule has 0 saturated heterocycles. The monoisotopic (exact) mass is 193 g/mol. The van der Waals surface area contributed by atoms with Gasteiger partial charge < -0.3 is 0 Å². The fourth-order valence-electron chi connectivity index (χ4n) is 1.37. The number of nitrogens with zero attached hydrogens (tertiary/aromatic N) is 1. The molecule has 0 bridgehead atoms. The van der Waals surface area contributed by atoms with E-state index in [1.54, 1.807) is 0 Å². The van der Waals surface area contributed by atoms with Gasteiger partial charge in [0.15, 0.2) is 0 Å². The van der Waals surface area contributed by atoms with E-state index in [0.717, 1.165) is 6.42 Å². The van der Waals surface area contributed by atoms with E-state index < -0.39 is 0 Å². The van der Waals surface area contributed by atoms with Gasteiger partial charge in [0, 0.05) is 11.9 Å². The molecule has 0 aliphatic rings. The van der Waals surface area contributed by atoms with Crippen LogP contribution in [0.4, 0.5) is 0 Å². The quantitative estimate of drug-likeness (QED) is 0.704. The van der Waals surface area contributed by atoms with Gasteiger partial charge in [0.25, 0.3) is 0 Å². The van der Waals surface area contributed by atoms with Gasteiger partial charge in [-0.2, -0.15) is 0 Å². The average molecular weight is 193 g/mol. The highest BCUT2D eigenvalue weighted by Crippen LogP contribution is 2.06. The fourth-order valence-corrected chi connectivity index (χ4v) is 1.37. The minimum atomic E-state index is 1.11. The standard InChI is InChI=1S/C11H17N.C2H6/c1-3-5-10-7-8-12-11(9-10)6-4-2;1-2/h7-9H,3-6H2,1-2H3;1-2H3. The van der Waals surface area contributed by atoms with E-state index in [1.165, 1.54) is 30.5 Å². The van der Waals surface area contributed by atoms with Crippen LogP contribution in [0.25, 0.3) is 0 Å². The van der Waals surface area contributed by atoms with Crippen molar-refractivity contribution in [2.75, 3.05) is 0 Å². The SMILES string of the molecule is CC.CCCc1ccnc(CCC)c1. The largest absolute Gasteiger partial charge is 0.261 e. The van der Waals surface area contributed by atoms with Crippen molar-refractivity contribution in [2.24, 2.45) is 0 Å². The summed E-state index contributed by atoms with van der Waals surface area (Å²) in [5.41, 5.74) is 2.67. The first-order valence-corrected chi connectivity index (χ1v) is 5.80. The van der Waals surface area contributed by atoms with Gasteiger partial charge in [-0.25, -0.2) is 0 Å². The van der Waals surface area contributed by atoms with Crippen molar-refractivity contribution in [1.29, 1.82) is 0 Å². The van der Waals surface area contributed by atoms with E-state index in [4.69, 9.17) is 0 Å². The second kappa shape index (κ2) is 8.74. The second-order valence-corrected chi connectivity index (χ2v) is 3.16. The Morgan fingerprint density at radius 3 is 2.29 bits per heavy atom. The first-order chi connectivity index (χ1) is 6.86. The number of pyridine rings is 1. The molecule has 0 amide bonds. The lowest BCUT2D eigenvalue weighted by atomic mass is 10.1. The third kappa shape index (κ3) is 5.00. The Kier molecular flexibility index (Phi) is 8.20. The highest BCUT2D eigenvalue weighted by atomic mass is 14.7. The molecule has 0 aliphatic carbocycles. The molecule has 0 aliphatic heterocycles.